The number of hydrogen-bond acceptors (Lipinski definition) is 4. The van der Waals surface area contributed by atoms with Gasteiger partial charge in [-0.15, -0.1) is 5.10 Å². The zero-order valence-corrected chi connectivity index (χ0v) is 12.6. The number of carboxylic acid groups (broad SMARTS) is 1. The molecule has 2 N–H and O–H groups in total. The Labute approximate surface area is 137 Å². The molecule has 3 aromatic rings. The molecular formula is C17H14N4O3. The van der Waals surface area contributed by atoms with Gasteiger partial charge in [0.05, 0.1) is 5.56 Å². The van der Waals surface area contributed by atoms with Crippen molar-refractivity contribution in [3.8, 4) is 11.1 Å². The van der Waals surface area contributed by atoms with Gasteiger partial charge in [0.2, 0.25) is 11.9 Å². The quantitative estimate of drug-likeness (QED) is 0.769. The van der Waals surface area contributed by atoms with Crippen LogP contribution in [0, 0.1) is 5.92 Å². The number of nitrogens with zero attached hydrogens (tertiary/aromatic N) is 3. The third-order valence-corrected chi connectivity index (χ3v) is 3.99. The third kappa shape index (κ3) is 2.60. The molecule has 1 saturated carbocycles. The van der Waals surface area contributed by atoms with Crippen LogP contribution in [0.5, 0.6) is 0 Å². The van der Waals surface area contributed by atoms with Gasteiger partial charge in [0, 0.05) is 17.7 Å². The molecule has 1 amide bonds. The smallest absolute Gasteiger partial charge is 0.335 e. The first kappa shape index (κ1) is 14.4. The van der Waals surface area contributed by atoms with E-state index in [1.54, 1.807) is 35.0 Å². The summed E-state index contributed by atoms with van der Waals surface area (Å²) >= 11 is 0. The number of rotatable bonds is 4. The van der Waals surface area contributed by atoms with E-state index in [2.05, 4.69) is 15.4 Å². The monoisotopic (exact) mass is 322 g/mol. The van der Waals surface area contributed by atoms with Crippen LogP contribution in [0.25, 0.3) is 16.8 Å². The lowest BCUT2D eigenvalue weighted by molar-refractivity contribution is -0.117. The summed E-state index contributed by atoms with van der Waals surface area (Å²) in [5.41, 5.74) is 2.48. The van der Waals surface area contributed by atoms with Gasteiger partial charge in [-0.2, -0.15) is 4.98 Å². The summed E-state index contributed by atoms with van der Waals surface area (Å²) < 4.78 is 1.60. The zero-order valence-electron chi connectivity index (χ0n) is 12.6. The van der Waals surface area contributed by atoms with Crippen LogP contribution in [0.15, 0.2) is 42.6 Å². The first-order valence-corrected chi connectivity index (χ1v) is 7.62. The minimum absolute atomic E-state index is 0.0433. The van der Waals surface area contributed by atoms with E-state index in [1.165, 1.54) is 0 Å². The van der Waals surface area contributed by atoms with Crippen LogP contribution >= 0.6 is 0 Å². The fourth-order valence-corrected chi connectivity index (χ4v) is 2.53. The predicted molar refractivity (Wildman–Crippen MR) is 86.7 cm³/mol. The minimum Gasteiger partial charge on any atom is -0.478 e. The molecule has 2 heterocycles. The van der Waals surface area contributed by atoms with E-state index in [1.807, 2.05) is 12.1 Å². The molecule has 0 atom stereocenters. The zero-order chi connectivity index (χ0) is 16.7. The van der Waals surface area contributed by atoms with Gasteiger partial charge < -0.3 is 5.11 Å². The Balaban J connectivity index is 1.70. The summed E-state index contributed by atoms with van der Waals surface area (Å²) in [5, 5.41) is 16.0. The molecule has 1 aliphatic rings. The molecule has 2 aromatic heterocycles. The Morgan fingerprint density at radius 3 is 2.58 bits per heavy atom. The number of fused-ring (bicyclic) bond motifs is 1. The molecule has 0 saturated heterocycles. The van der Waals surface area contributed by atoms with E-state index in [0.29, 0.717) is 5.65 Å². The second-order valence-electron chi connectivity index (χ2n) is 5.77. The Morgan fingerprint density at radius 1 is 1.17 bits per heavy atom. The first-order valence-electron chi connectivity index (χ1n) is 7.62. The van der Waals surface area contributed by atoms with Gasteiger partial charge in [-0.1, -0.05) is 12.1 Å². The summed E-state index contributed by atoms with van der Waals surface area (Å²) in [6, 6.07) is 10.3. The van der Waals surface area contributed by atoms with Crippen LogP contribution in [0.3, 0.4) is 0 Å². The maximum absolute atomic E-state index is 11.9. The standard InChI is InChI=1S/C17H14N4O3/c22-15(11-5-6-11)19-17-18-14-13(2-1-9-21(14)20-17)10-3-7-12(8-4-10)16(23)24/h1-4,7-9,11H,5-6H2,(H,23,24)(H,19,20,22). The van der Waals surface area contributed by atoms with Gasteiger partial charge in [0.15, 0.2) is 5.65 Å². The van der Waals surface area contributed by atoms with Gasteiger partial charge in [0.25, 0.3) is 0 Å². The SMILES string of the molecule is O=C(O)c1ccc(-c2cccn3nc(NC(=O)C4CC4)nc23)cc1. The van der Waals surface area contributed by atoms with Crippen LogP contribution in [-0.2, 0) is 4.79 Å². The lowest BCUT2D eigenvalue weighted by atomic mass is 10.1. The molecule has 4 rings (SSSR count). The number of hydrogen-bond donors (Lipinski definition) is 2. The average molecular weight is 322 g/mol. The number of amides is 1. The first-order chi connectivity index (χ1) is 11.6. The lowest BCUT2D eigenvalue weighted by Gasteiger charge is -2.03. The average Bonchev–Trinajstić information content (AvgIpc) is 3.35. The predicted octanol–water partition coefficient (Wildman–Crippen LogP) is 2.44. The van der Waals surface area contributed by atoms with Crippen molar-refractivity contribution in [1.29, 1.82) is 0 Å². The summed E-state index contributed by atoms with van der Waals surface area (Å²) in [6.07, 6.45) is 3.59. The number of pyridine rings is 1. The molecule has 0 aliphatic heterocycles. The van der Waals surface area contributed by atoms with Crippen LogP contribution in [-0.4, -0.2) is 31.6 Å². The second kappa shape index (κ2) is 5.45. The van der Waals surface area contributed by atoms with Crippen molar-refractivity contribution in [3.63, 3.8) is 0 Å². The maximum atomic E-state index is 11.9. The molecule has 0 unspecified atom stereocenters. The van der Waals surface area contributed by atoms with Crippen molar-refractivity contribution >= 4 is 23.5 Å². The molecule has 7 heteroatoms. The summed E-state index contributed by atoms with van der Waals surface area (Å²) in [4.78, 5) is 27.2. The largest absolute Gasteiger partial charge is 0.478 e. The van der Waals surface area contributed by atoms with Gasteiger partial charge in [-0.25, -0.2) is 9.31 Å². The fourth-order valence-electron chi connectivity index (χ4n) is 2.53. The Morgan fingerprint density at radius 2 is 1.92 bits per heavy atom. The number of carbonyl (C=O) groups is 2. The van der Waals surface area contributed by atoms with Crippen LogP contribution < -0.4 is 5.32 Å². The molecule has 0 bridgehead atoms. The summed E-state index contributed by atoms with van der Waals surface area (Å²) in [5.74, 6) is -0.647. The fraction of sp³-hybridized carbons (Fsp3) is 0.176. The highest BCUT2D eigenvalue weighted by atomic mass is 16.4. The van der Waals surface area contributed by atoms with Crippen LogP contribution in [0.4, 0.5) is 5.95 Å². The van der Waals surface area contributed by atoms with E-state index in [-0.39, 0.29) is 23.3 Å². The normalized spacial score (nSPS) is 13.8. The van der Waals surface area contributed by atoms with Gasteiger partial charge >= 0.3 is 5.97 Å². The second-order valence-corrected chi connectivity index (χ2v) is 5.77. The highest BCUT2D eigenvalue weighted by Gasteiger charge is 2.30. The number of carbonyl (C=O) groups excluding carboxylic acids is 1. The van der Waals surface area contributed by atoms with E-state index < -0.39 is 5.97 Å². The van der Waals surface area contributed by atoms with E-state index in [9.17, 15) is 9.59 Å². The maximum Gasteiger partial charge on any atom is 0.335 e. The van der Waals surface area contributed by atoms with E-state index in [4.69, 9.17) is 5.11 Å². The summed E-state index contributed by atoms with van der Waals surface area (Å²) in [6.45, 7) is 0. The van der Waals surface area contributed by atoms with Gasteiger partial charge in [0.1, 0.15) is 0 Å². The van der Waals surface area contributed by atoms with Crippen LogP contribution in [0.1, 0.15) is 23.2 Å². The number of aromatic carboxylic acids is 1. The highest BCUT2D eigenvalue weighted by Crippen LogP contribution is 2.30. The number of benzene rings is 1. The molecule has 0 spiro atoms. The van der Waals surface area contributed by atoms with Crippen LogP contribution in [0.2, 0.25) is 0 Å². The van der Waals surface area contributed by atoms with Crippen molar-refractivity contribution in [2.45, 2.75) is 12.8 Å². The number of anilines is 1. The van der Waals surface area contributed by atoms with Crippen molar-refractivity contribution in [2.24, 2.45) is 5.92 Å². The number of carboxylic acids is 1. The Bertz CT molecular complexity index is 942. The highest BCUT2D eigenvalue weighted by molar-refractivity contribution is 5.93. The topological polar surface area (TPSA) is 96.6 Å². The third-order valence-electron chi connectivity index (χ3n) is 3.99. The van der Waals surface area contributed by atoms with Gasteiger partial charge in [-0.3, -0.25) is 10.1 Å². The molecule has 1 aliphatic carbocycles. The lowest BCUT2D eigenvalue weighted by Crippen LogP contribution is -2.14. The minimum atomic E-state index is -0.965. The Kier molecular flexibility index (Phi) is 3.26. The van der Waals surface area contributed by atoms with Gasteiger partial charge in [-0.05, 0) is 42.7 Å². The Hall–Kier alpha value is -3.22. The molecule has 120 valence electrons. The van der Waals surface area contributed by atoms with Crippen molar-refractivity contribution in [3.05, 3.63) is 48.2 Å². The molecule has 7 nitrogen and oxygen atoms in total. The molecule has 1 fully saturated rings. The van der Waals surface area contributed by atoms with E-state index >= 15 is 0 Å². The van der Waals surface area contributed by atoms with Crippen molar-refractivity contribution in [2.75, 3.05) is 5.32 Å². The van der Waals surface area contributed by atoms with E-state index in [0.717, 1.165) is 24.0 Å². The number of nitrogens with one attached hydrogen (secondary N) is 1. The molecule has 24 heavy (non-hydrogen) atoms. The van der Waals surface area contributed by atoms with Crippen molar-refractivity contribution < 1.29 is 14.7 Å². The van der Waals surface area contributed by atoms with Crippen molar-refractivity contribution in [1.82, 2.24) is 14.6 Å². The molecular weight excluding hydrogens is 308 g/mol. The molecule has 1 aromatic carbocycles. The number of aromatic nitrogens is 3. The summed E-state index contributed by atoms with van der Waals surface area (Å²) in [7, 11) is 0. The molecule has 0 radical (unpaired) electrons.